The second-order valence-corrected chi connectivity index (χ2v) is 4.31. The van der Waals surface area contributed by atoms with Gasteiger partial charge in [0.2, 0.25) is 0 Å². The van der Waals surface area contributed by atoms with E-state index in [0.717, 1.165) is 22.5 Å². The molecule has 3 heteroatoms. The standard InChI is InChI=1S/C15H16FNO/c1-11-9-12(10-18)3-8-15(11)17(2)14-6-4-13(16)5-7-14/h3-9,18H,10H2,1-2H3. The van der Waals surface area contributed by atoms with Crippen molar-refractivity contribution in [2.45, 2.75) is 13.5 Å². The molecule has 0 saturated carbocycles. The monoisotopic (exact) mass is 245 g/mol. The molecule has 2 rings (SSSR count). The zero-order valence-electron chi connectivity index (χ0n) is 10.5. The van der Waals surface area contributed by atoms with Gasteiger partial charge in [-0.1, -0.05) is 12.1 Å². The van der Waals surface area contributed by atoms with Crippen molar-refractivity contribution < 1.29 is 9.50 Å². The van der Waals surface area contributed by atoms with Crippen LogP contribution >= 0.6 is 0 Å². The predicted octanol–water partition coefficient (Wildman–Crippen LogP) is 3.39. The SMILES string of the molecule is Cc1cc(CO)ccc1N(C)c1ccc(F)cc1. The van der Waals surface area contributed by atoms with Crippen molar-refractivity contribution in [2.75, 3.05) is 11.9 Å². The fourth-order valence-electron chi connectivity index (χ4n) is 2.00. The second-order valence-electron chi connectivity index (χ2n) is 4.31. The van der Waals surface area contributed by atoms with Crippen LogP contribution in [0.15, 0.2) is 42.5 Å². The number of aliphatic hydroxyl groups excluding tert-OH is 1. The first-order valence-electron chi connectivity index (χ1n) is 5.81. The van der Waals surface area contributed by atoms with E-state index in [1.54, 1.807) is 12.1 Å². The van der Waals surface area contributed by atoms with Gasteiger partial charge >= 0.3 is 0 Å². The highest BCUT2D eigenvalue weighted by molar-refractivity contribution is 5.65. The fraction of sp³-hybridized carbons (Fsp3) is 0.200. The van der Waals surface area contributed by atoms with Crippen LogP contribution in [0, 0.1) is 12.7 Å². The van der Waals surface area contributed by atoms with Gasteiger partial charge < -0.3 is 10.0 Å². The number of aryl methyl sites for hydroxylation is 1. The number of nitrogens with zero attached hydrogens (tertiary/aromatic N) is 1. The van der Waals surface area contributed by atoms with Crippen molar-refractivity contribution >= 4 is 11.4 Å². The summed E-state index contributed by atoms with van der Waals surface area (Å²) in [6.07, 6.45) is 0. The molecule has 0 radical (unpaired) electrons. The second kappa shape index (κ2) is 5.19. The summed E-state index contributed by atoms with van der Waals surface area (Å²) in [5, 5.41) is 9.08. The molecule has 0 atom stereocenters. The minimum absolute atomic E-state index is 0.0430. The van der Waals surface area contributed by atoms with E-state index in [1.807, 2.05) is 37.1 Å². The Kier molecular flexibility index (Phi) is 3.63. The molecule has 0 aliphatic rings. The lowest BCUT2D eigenvalue weighted by molar-refractivity contribution is 0.282. The average Bonchev–Trinajstić information content (AvgIpc) is 2.38. The maximum absolute atomic E-state index is 12.9. The number of hydrogen-bond acceptors (Lipinski definition) is 2. The molecule has 2 aromatic rings. The summed E-state index contributed by atoms with van der Waals surface area (Å²) in [6.45, 7) is 2.04. The molecule has 1 N–H and O–H groups in total. The van der Waals surface area contributed by atoms with E-state index in [4.69, 9.17) is 5.11 Å². The first-order chi connectivity index (χ1) is 8.61. The Morgan fingerprint density at radius 2 is 1.78 bits per heavy atom. The summed E-state index contributed by atoms with van der Waals surface area (Å²) >= 11 is 0. The third kappa shape index (κ3) is 2.51. The molecule has 0 spiro atoms. The largest absolute Gasteiger partial charge is 0.392 e. The van der Waals surface area contributed by atoms with Gasteiger partial charge in [0, 0.05) is 18.4 Å². The van der Waals surface area contributed by atoms with E-state index >= 15 is 0 Å². The fourth-order valence-corrected chi connectivity index (χ4v) is 2.00. The molecule has 0 bridgehead atoms. The maximum Gasteiger partial charge on any atom is 0.123 e. The lowest BCUT2D eigenvalue weighted by Crippen LogP contribution is -2.11. The van der Waals surface area contributed by atoms with Gasteiger partial charge in [-0.3, -0.25) is 0 Å². The van der Waals surface area contributed by atoms with Gasteiger partial charge in [0.1, 0.15) is 5.82 Å². The topological polar surface area (TPSA) is 23.5 Å². The third-order valence-corrected chi connectivity index (χ3v) is 3.02. The highest BCUT2D eigenvalue weighted by atomic mass is 19.1. The molecule has 94 valence electrons. The van der Waals surface area contributed by atoms with Crippen LogP contribution in [-0.4, -0.2) is 12.2 Å². The molecule has 0 aliphatic carbocycles. The number of benzene rings is 2. The minimum Gasteiger partial charge on any atom is -0.392 e. The summed E-state index contributed by atoms with van der Waals surface area (Å²) in [7, 11) is 1.94. The quantitative estimate of drug-likeness (QED) is 0.896. The predicted molar refractivity (Wildman–Crippen MR) is 71.6 cm³/mol. The van der Waals surface area contributed by atoms with E-state index in [0.29, 0.717) is 0 Å². The van der Waals surface area contributed by atoms with Crippen molar-refractivity contribution in [2.24, 2.45) is 0 Å². The lowest BCUT2D eigenvalue weighted by Gasteiger charge is -2.22. The Hall–Kier alpha value is -1.87. The Labute approximate surface area is 106 Å². The van der Waals surface area contributed by atoms with Crippen LogP contribution in [0.4, 0.5) is 15.8 Å². The maximum atomic E-state index is 12.9. The molecule has 0 heterocycles. The number of rotatable bonds is 3. The van der Waals surface area contributed by atoms with E-state index in [-0.39, 0.29) is 12.4 Å². The number of anilines is 2. The van der Waals surface area contributed by atoms with Crippen molar-refractivity contribution in [3.8, 4) is 0 Å². The number of aliphatic hydroxyl groups is 1. The van der Waals surface area contributed by atoms with Crippen LogP contribution in [-0.2, 0) is 6.61 Å². The molecule has 0 unspecified atom stereocenters. The zero-order valence-corrected chi connectivity index (χ0v) is 10.5. The summed E-state index contributed by atoms with van der Waals surface area (Å²) in [5.74, 6) is -0.237. The van der Waals surface area contributed by atoms with Gasteiger partial charge in [-0.25, -0.2) is 4.39 Å². The smallest absolute Gasteiger partial charge is 0.123 e. The normalized spacial score (nSPS) is 10.4. The minimum atomic E-state index is -0.237. The zero-order chi connectivity index (χ0) is 13.1. The molecular formula is C15H16FNO. The van der Waals surface area contributed by atoms with Crippen LogP contribution in [0.3, 0.4) is 0 Å². The highest BCUT2D eigenvalue weighted by Gasteiger charge is 2.07. The average molecular weight is 245 g/mol. The van der Waals surface area contributed by atoms with E-state index < -0.39 is 0 Å². The molecule has 2 aromatic carbocycles. The Morgan fingerprint density at radius 3 is 2.33 bits per heavy atom. The van der Waals surface area contributed by atoms with Gasteiger partial charge in [-0.2, -0.15) is 0 Å². The molecule has 18 heavy (non-hydrogen) atoms. The van der Waals surface area contributed by atoms with Crippen LogP contribution in [0.5, 0.6) is 0 Å². The third-order valence-electron chi connectivity index (χ3n) is 3.02. The summed E-state index contributed by atoms with van der Waals surface area (Å²) < 4.78 is 12.9. The molecular weight excluding hydrogens is 229 g/mol. The summed E-state index contributed by atoms with van der Waals surface area (Å²) in [5.41, 5.74) is 3.94. The molecule has 0 aromatic heterocycles. The van der Waals surface area contributed by atoms with Crippen LogP contribution in [0.2, 0.25) is 0 Å². The van der Waals surface area contributed by atoms with Crippen LogP contribution in [0.25, 0.3) is 0 Å². The molecule has 0 saturated heterocycles. The van der Waals surface area contributed by atoms with Gasteiger partial charge in [-0.05, 0) is 48.4 Å². The Bertz CT molecular complexity index is 537. The summed E-state index contributed by atoms with van der Waals surface area (Å²) in [6, 6.07) is 12.2. The van der Waals surface area contributed by atoms with Crippen LogP contribution < -0.4 is 4.90 Å². The number of halogens is 1. The number of hydrogen-bond donors (Lipinski definition) is 1. The van der Waals surface area contributed by atoms with E-state index in [9.17, 15) is 4.39 Å². The van der Waals surface area contributed by atoms with Gasteiger partial charge in [-0.15, -0.1) is 0 Å². The summed E-state index contributed by atoms with van der Waals surface area (Å²) in [4.78, 5) is 2.00. The van der Waals surface area contributed by atoms with Crippen LogP contribution in [0.1, 0.15) is 11.1 Å². The van der Waals surface area contributed by atoms with Crippen molar-refractivity contribution in [3.63, 3.8) is 0 Å². The Balaban J connectivity index is 2.33. The van der Waals surface area contributed by atoms with Gasteiger partial charge in [0.15, 0.2) is 0 Å². The first kappa shape index (κ1) is 12.6. The molecule has 0 aliphatic heterocycles. The molecule has 0 amide bonds. The van der Waals surface area contributed by atoms with Crippen molar-refractivity contribution in [1.29, 1.82) is 0 Å². The molecule has 0 fully saturated rings. The van der Waals surface area contributed by atoms with Gasteiger partial charge in [0.25, 0.3) is 0 Å². The van der Waals surface area contributed by atoms with E-state index in [1.165, 1.54) is 12.1 Å². The lowest BCUT2D eigenvalue weighted by atomic mass is 10.1. The Morgan fingerprint density at radius 1 is 1.11 bits per heavy atom. The van der Waals surface area contributed by atoms with Crippen molar-refractivity contribution in [3.05, 3.63) is 59.4 Å². The molecule has 2 nitrogen and oxygen atoms in total. The van der Waals surface area contributed by atoms with Crippen molar-refractivity contribution in [1.82, 2.24) is 0 Å². The first-order valence-corrected chi connectivity index (χ1v) is 5.81. The van der Waals surface area contributed by atoms with E-state index in [2.05, 4.69) is 0 Å². The highest BCUT2D eigenvalue weighted by Crippen LogP contribution is 2.27. The van der Waals surface area contributed by atoms with Gasteiger partial charge in [0.05, 0.1) is 6.61 Å².